The van der Waals surface area contributed by atoms with E-state index in [1.807, 2.05) is 30.3 Å². The fourth-order valence-corrected chi connectivity index (χ4v) is 6.78. The predicted octanol–water partition coefficient (Wildman–Crippen LogP) is 6.24. The lowest BCUT2D eigenvalue weighted by molar-refractivity contribution is 0.0956. The fourth-order valence-electron chi connectivity index (χ4n) is 4.35. The standard InChI is InChI=1S/C25H25ClFN3OS2/c26-23-19-5-1-2-6-21(19)33-24(23)25(31)28-9-3-4-10-29-11-13-30(14-12-29)20-16-32-22-15-17(27)7-8-18(20)22/h1-2,5-8,15-16H,3-4,9-14H2,(H,28,31). The molecule has 1 amide bonds. The molecule has 0 bridgehead atoms. The first-order valence-electron chi connectivity index (χ1n) is 11.2. The zero-order chi connectivity index (χ0) is 22.8. The van der Waals surface area contributed by atoms with Crippen LogP contribution in [-0.4, -0.2) is 50.1 Å². The van der Waals surface area contributed by atoms with Crippen molar-refractivity contribution in [3.63, 3.8) is 0 Å². The second kappa shape index (κ2) is 9.97. The number of benzene rings is 2. The molecule has 1 saturated heterocycles. The quantitative estimate of drug-likeness (QED) is 0.304. The maximum Gasteiger partial charge on any atom is 0.262 e. The number of carbonyl (C=O) groups excluding carboxylic acids is 1. The van der Waals surface area contributed by atoms with Gasteiger partial charge in [-0.1, -0.05) is 29.8 Å². The second-order valence-corrected chi connectivity index (χ2v) is 10.6. The SMILES string of the molecule is O=C(NCCCCN1CCN(c2csc3cc(F)ccc23)CC1)c1sc2ccccc2c1Cl. The van der Waals surface area contributed by atoms with Crippen molar-refractivity contribution in [2.45, 2.75) is 12.8 Å². The van der Waals surface area contributed by atoms with Crippen LogP contribution in [-0.2, 0) is 0 Å². The Morgan fingerprint density at radius 3 is 2.67 bits per heavy atom. The molecule has 0 radical (unpaired) electrons. The molecule has 3 heterocycles. The number of hydrogen-bond donors (Lipinski definition) is 1. The fraction of sp³-hybridized carbons (Fsp3) is 0.320. The van der Waals surface area contributed by atoms with Crippen LogP contribution in [0.5, 0.6) is 0 Å². The van der Waals surface area contributed by atoms with Crippen molar-refractivity contribution in [1.82, 2.24) is 10.2 Å². The molecule has 0 spiro atoms. The first-order chi connectivity index (χ1) is 16.1. The summed E-state index contributed by atoms with van der Waals surface area (Å²) in [4.78, 5) is 18.0. The van der Waals surface area contributed by atoms with E-state index in [0.29, 0.717) is 16.4 Å². The minimum atomic E-state index is -0.177. The highest BCUT2D eigenvalue weighted by molar-refractivity contribution is 7.21. The number of nitrogens with zero attached hydrogens (tertiary/aromatic N) is 2. The molecule has 0 unspecified atom stereocenters. The highest BCUT2D eigenvalue weighted by atomic mass is 35.5. The van der Waals surface area contributed by atoms with Crippen molar-refractivity contribution < 1.29 is 9.18 Å². The summed E-state index contributed by atoms with van der Waals surface area (Å²) in [7, 11) is 0. The summed E-state index contributed by atoms with van der Waals surface area (Å²) in [5, 5.41) is 7.80. The molecule has 172 valence electrons. The van der Waals surface area contributed by atoms with Crippen LogP contribution in [0.3, 0.4) is 0 Å². The number of rotatable bonds is 7. The maximum absolute atomic E-state index is 13.5. The summed E-state index contributed by atoms with van der Waals surface area (Å²) in [6.07, 6.45) is 1.98. The Bertz CT molecular complexity index is 1280. The van der Waals surface area contributed by atoms with Gasteiger partial charge in [0.1, 0.15) is 10.7 Å². The van der Waals surface area contributed by atoms with Gasteiger partial charge in [-0.2, -0.15) is 0 Å². The predicted molar refractivity (Wildman–Crippen MR) is 139 cm³/mol. The van der Waals surface area contributed by atoms with Crippen LogP contribution < -0.4 is 10.2 Å². The van der Waals surface area contributed by atoms with Gasteiger partial charge in [0, 0.05) is 58.3 Å². The number of hydrogen-bond acceptors (Lipinski definition) is 5. The smallest absolute Gasteiger partial charge is 0.262 e. The van der Waals surface area contributed by atoms with Crippen LogP contribution in [0.25, 0.3) is 20.2 Å². The van der Waals surface area contributed by atoms with Crippen molar-refractivity contribution in [3.05, 3.63) is 63.6 Å². The average Bonchev–Trinajstić information content (AvgIpc) is 3.40. The molecule has 4 aromatic rings. The van der Waals surface area contributed by atoms with Crippen LogP contribution in [0.4, 0.5) is 10.1 Å². The number of anilines is 1. The Hall–Kier alpha value is -2.19. The first-order valence-corrected chi connectivity index (χ1v) is 13.3. The van der Waals surface area contributed by atoms with Crippen LogP contribution in [0.1, 0.15) is 22.5 Å². The highest BCUT2D eigenvalue weighted by Gasteiger charge is 2.20. The van der Waals surface area contributed by atoms with Crippen molar-refractivity contribution in [2.24, 2.45) is 0 Å². The number of nitrogens with one attached hydrogen (secondary N) is 1. The molecular formula is C25H25ClFN3OS2. The van der Waals surface area contributed by atoms with E-state index < -0.39 is 0 Å². The Morgan fingerprint density at radius 2 is 1.85 bits per heavy atom. The molecule has 8 heteroatoms. The molecule has 4 nitrogen and oxygen atoms in total. The summed E-state index contributed by atoms with van der Waals surface area (Å²) in [5.74, 6) is -0.262. The monoisotopic (exact) mass is 501 g/mol. The van der Waals surface area contributed by atoms with Gasteiger partial charge >= 0.3 is 0 Å². The van der Waals surface area contributed by atoms with Gasteiger partial charge in [-0.15, -0.1) is 22.7 Å². The Kier molecular flexibility index (Phi) is 6.83. The molecule has 1 fully saturated rings. The van der Waals surface area contributed by atoms with E-state index in [4.69, 9.17) is 11.6 Å². The van der Waals surface area contributed by atoms with Gasteiger partial charge in [0.25, 0.3) is 5.91 Å². The molecule has 2 aromatic carbocycles. The molecule has 1 aliphatic heterocycles. The molecule has 1 aliphatic rings. The largest absolute Gasteiger partial charge is 0.368 e. The van der Waals surface area contributed by atoms with E-state index >= 15 is 0 Å². The number of unbranched alkanes of at least 4 members (excludes halogenated alkanes) is 1. The maximum atomic E-state index is 13.5. The Balaban J connectivity index is 1.05. The molecule has 2 aromatic heterocycles. The van der Waals surface area contributed by atoms with Crippen molar-refractivity contribution >= 4 is 66.0 Å². The minimum absolute atomic E-state index is 0.0855. The van der Waals surface area contributed by atoms with Crippen molar-refractivity contribution in [2.75, 3.05) is 44.2 Å². The summed E-state index contributed by atoms with van der Waals surface area (Å²) < 4.78 is 15.5. The average molecular weight is 502 g/mol. The van der Waals surface area contributed by atoms with Gasteiger partial charge in [-0.3, -0.25) is 9.69 Å². The van der Waals surface area contributed by atoms with Crippen LogP contribution in [0.2, 0.25) is 5.02 Å². The van der Waals surface area contributed by atoms with E-state index in [0.717, 1.165) is 65.7 Å². The normalized spacial score (nSPS) is 14.9. The lowest BCUT2D eigenvalue weighted by Gasteiger charge is -2.35. The van der Waals surface area contributed by atoms with Crippen LogP contribution in [0.15, 0.2) is 47.8 Å². The van der Waals surface area contributed by atoms with E-state index in [9.17, 15) is 9.18 Å². The zero-order valence-electron chi connectivity index (χ0n) is 18.2. The van der Waals surface area contributed by atoms with E-state index in [-0.39, 0.29) is 11.7 Å². The van der Waals surface area contributed by atoms with Gasteiger partial charge in [-0.25, -0.2) is 4.39 Å². The minimum Gasteiger partial charge on any atom is -0.368 e. The van der Waals surface area contributed by atoms with E-state index in [1.54, 1.807) is 23.5 Å². The van der Waals surface area contributed by atoms with Gasteiger partial charge in [-0.05, 0) is 43.7 Å². The Morgan fingerprint density at radius 1 is 1.03 bits per heavy atom. The van der Waals surface area contributed by atoms with Crippen molar-refractivity contribution in [3.8, 4) is 0 Å². The number of carbonyl (C=O) groups is 1. The molecule has 1 N–H and O–H groups in total. The Labute approximate surface area is 205 Å². The number of piperazine rings is 1. The number of fused-ring (bicyclic) bond motifs is 2. The van der Waals surface area contributed by atoms with Crippen LogP contribution >= 0.6 is 34.3 Å². The second-order valence-electron chi connectivity index (χ2n) is 8.29. The summed E-state index contributed by atoms with van der Waals surface area (Å²) in [6, 6.07) is 12.9. The van der Waals surface area contributed by atoms with Crippen LogP contribution in [0, 0.1) is 5.82 Å². The van der Waals surface area contributed by atoms with Crippen molar-refractivity contribution in [1.29, 1.82) is 0 Å². The highest BCUT2D eigenvalue weighted by Crippen LogP contribution is 2.35. The lowest BCUT2D eigenvalue weighted by Crippen LogP contribution is -2.46. The van der Waals surface area contributed by atoms with E-state index in [1.165, 1.54) is 17.0 Å². The third-order valence-electron chi connectivity index (χ3n) is 6.16. The van der Waals surface area contributed by atoms with Gasteiger partial charge in [0.15, 0.2) is 0 Å². The number of thiophene rings is 2. The molecule has 0 saturated carbocycles. The topological polar surface area (TPSA) is 35.6 Å². The molecule has 33 heavy (non-hydrogen) atoms. The summed E-state index contributed by atoms with van der Waals surface area (Å²) in [5.41, 5.74) is 1.22. The lowest BCUT2D eigenvalue weighted by atomic mass is 10.2. The number of amides is 1. The van der Waals surface area contributed by atoms with Gasteiger partial charge in [0.2, 0.25) is 0 Å². The van der Waals surface area contributed by atoms with E-state index in [2.05, 4.69) is 20.5 Å². The molecule has 5 rings (SSSR count). The first kappa shape index (κ1) is 22.6. The van der Waals surface area contributed by atoms with Gasteiger partial charge < -0.3 is 10.2 Å². The summed E-state index contributed by atoms with van der Waals surface area (Å²) in [6.45, 7) is 5.67. The molecular weight excluding hydrogens is 477 g/mol. The zero-order valence-corrected chi connectivity index (χ0v) is 20.5. The summed E-state index contributed by atoms with van der Waals surface area (Å²) >= 11 is 9.46. The third-order valence-corrected chi connectivity index (χ3v) is 8.76. The molecule has 0 aliphatic carbocycles. The number of halogens is 2. The van der Waals surface area contributed by atoms with Gasteiger partial charge in [0.05, 0.1) is 10.7 Å². The molecule has 0 atom stereocenters. The third kappa shape index (κ3) is 4.87.